The van der Waals surface area contributed by atoms with Crippen LogP contribution in [0.25, 0.3) is 0 Å². The molecule has 3 heteroatoms. The minimum absolute atomic E-state index is 0. The van der Waals surface area contributed by atoms with Crippen LogP contribution in [0.3, 0.4) is 0 Å². The van der Waals surface area contributed by atoms with Gasteiger partial charge in [0.2, 0.25) is 0 Å². The van der Waals surface area contributed by atoms with E-state index in [2.05, 4.69) is 0 Å². The van der Waals surface area contributed by atoms with Crippen LogP contribution in [0.4, 0.5) is 0 Å². The molecule has 0 saturated heterocycles. The zero-order chi connectivity index (χ0) is 5.98. The van der Waals surface area contributed by atoms with E-state index in [-0.39, 0.29) is 37.7 Å². The third-order valence-corrected chi connectivity index (χ3v) is 1.31. The molecule has 0 bridgehead atoms. The number of hydrogen-bond acceptors (Lipinski definition) is 0. The van der Waals surface area contributed by atoms with E-state index >= 15 is 0 Å². The predicted octanol–water partition coefficient (Wildman–Crippen LogP) is 2.08. The molecule has 1 aromatic rings. The van der Waals surface area contributed by atoms with Crippen LogP contribution in [0.1, 0.15) is 0 Å². The Hall–Kier alpha value is 1.06. The van der Waals surface area contributed by atoms with Crippen LogP contribution in [0.2, 0.25) is 10.0 Å². The van der Waals surface area contributed by atoms with Gasteiger partial charge in [0, 0.05) is 10.0 Å². The zero-order valence-electron chi connectivity index (χ0n) is 4.07. The monoisotopic (exact) mass is 188 g/mol. The summed E-state index contributed by atoms with van der Waals surface area (Å²) in [6, 6.07) is 7.02. The van der Waals surface area contributed by atoms with Crippen molar-refractivity contribution in [1.82, 2.24) is 0 Å². The Morgan fingerprint density at radius 2 is 1.00 bits per heavy atom. The van der Waals surface area contributed by atoms with E-state index in [1.165, 1.54) is 0 Å². The minimum atomic E-state index is 0. The molecule has 46 valence electrons. The van der Waals surface area contributed by atoms with E-state index < -0.39 is 0 Å². The van der Waals surface area contributed by atoms with Crippen LogP contribution >= 0.6 is 23.2 Å². The van der Waals surface area contributed by atoms with Crippen molar-refractivity contribution >= 4 is 60.9 Å². The standard InChI is InChI=1S/C6H4Cl2.Ca.2H/c7-5-1-2-6(8)4-3-5;;;/h1-4H;;;. The van der Waals surface area contributed by atoms with Crippen molar-refractivity contribution in [2.75, 3.05) is 0 Å². The molecule has 0 saturated carbocycles. The van der Waals surface area contributed by atoms with Gasteiger partial charge in [-0.1, -0.05) is 23.2 Å². The predicted molar refractivity (Wildman–Crippen MR) is 45.0 cm³/mol. The molecular weight excluding hydrogens is 183 g/mol. The molecule has 0 N–H and O–H groups in total. The van der Waals surface area contributed by atoms with Gasteiger partial charge < -0.3 is 0 Å². The zero-order valence-corrected chi connectivity index (χ0v) is 5.58. The molecule has 0 heterocycles. The normalized spacial score (nSPS) is 8.22. The van der Waals surface area contributed by atoms with Crippen molar-refractivity contribution < 1.29 is 0 Å². The summed E-state index contributed by atoms with van der Waals surface area (Å²) in [5, 5.41) is 1.43. The van der Waals surface area contributed by atoms with Crippen LogP contribution in [-0.4, -0.2) is 37.7 Å². The van der Waals surface area contributed by atoms with Gasteiger partial charge in [0.05, 0.1) is 0 Å². The van der Waals surface area contributed by atoms with Gasteiger partial charge in [-0.25, -0.2) is 0 Å². The summed E-state index contributed by atoms with van der Waals surface area (Å²) < 4.78 is 0. The Labute approximate surface area is 94.2 Å². The Morgan fingerprint density at radius 1 is 0.778 bits per heavy atom. The van der Waals surface area contributed by atoms with Gasteiger partial charge in [0.25, 0.3) is 0 Å². The molecule has 0 aliphatic carbocycles. The molecule has 0 aromatic heterocycles. The van der Waals surface area contributed by atoms with Crippen molar-refractivity contribution in [2.24, 2.45) is 0 Å². The van der Waals surface area contributed by atoms with Gasteiger partial charge in [0.1, 0.15) is 0 Å². The second-order valence-electron chi connectivity index (χ2n) is 1.44. The molecule has 0 spiro atoms. The number of rotatable bonds is 0. The average Bonchev–Trinajstić information content (AvgIpc) is 1.77. The second kappa shape index (κ2) is 4.81. The van der Waals surface area contributed by atoms with E-state index in [0.29, 0.717) is 0 Å². The van der Waals surface area contributed by atoms with Crippen molar-refractivity contribution in [3.8, 4) is 0 Å². The van der Waals surface area contributed by atoms with E-state index in [1.54, 1.807) is 24.3 Å². The third kappa shape index (κ3) is 3.69. The number of benzene rings is 1. The van der Waals surface area contributed by atoms with Crippen molar-refractivity contribution in [2.45, 2.75) is 0 Å². The Morgan fingerprint density at radius 3 is 1.22 bits per heavy atom. The van der Waals surface area contributed by atoms with Crippen molar-refractivity contribution in [3.63, 3.8) is 0 Å². The third-order valence-electron chi connectivity index (χ3n) is 0.804. The number of hydrogen-bond donors (Lipinski definition) is 0. The van der Waals surface area contributed by atoms with Crippen molar-refractivity contribution in [3.05, 3.63) is 34.3 Å². The summed E-state index contributed by atoms with van der Waals surface area (Å²) in [6.45, 7) is 0. The first kappa shape index (κ1) is 10.1. The van der Waals surface area contributed by atoms with Gasteiger partial charge >= 0.3 is 37.7 Å². The SMILES string of the molecule is Clc1ccc(Cl)cc1.[CaH2]. The summed E-state index contributed by atoms with van der Waals surface area (Å²) in [5.74, 6) is 0. The summed E-state index contributed by atoms with van der Waals surface area (Å²) >= 11 is 11.1. The summed E-state index contributed by atoms with van der Waals surface area (Å²) in [5.41, 5.74) is 0. The van der Waals surface area contributed by atoms with Crippen LogP contribution < -0.4 is 0 Å². The molecule has 0 fully saturated rings. The molecule has 0 amide bonds. The van der Waals surface area contributed by atoms with Gasteiger partial charge in [-0.15, -0.1) is 0 Å². The Kier molecular flexibility index (Phi) is 5.38. The maximum absolute atomic E-state index is 5.55. The van der Waals surface area contributed by atoms with Gasteiger partial charge in [0.15, 0.2) is 0 Å². The molecule has 0 radical (unpaired) electrons. The second-order valence-corrected chi connectivity index (χ2v) is 2.31. The molecule has 0 unspecified atom stereocenters. The molecule has 0 atom stereocenters. The first-order valence-corrected chi connectivity index (χ1v) is 2.96. The molecular formula is C6H6CaCl2. The van der Waals surface area contributed by atoms with Crippen LogP contribution in [0, 0.1) is 0 Å². The average molecular weight is 189 g/mol. The summed E-state index contributed by atoms with van der Waals surface area (Å²) in [7, 11) is 0. The fourth-order valence-electron chi connectivity index (χ4n) is 0.430. The molecule has 1 aromatic carbocycles. The van der Waals surface area contributed by atoms with Gasteiger partial charge in [-0.05, 0) is 24.3 Å². The Balaban J connectivity index is 0.000000640. The van der Waals surface area contributed by atoms with Gasteiger partial charge in [-0.3, -0.25) is 0 Å². The summed E-state index contributed by atoms with van der Waals surface area (Å²) in [6.07, 6.45) is 0. The molecule has 0 aliphatic heterocycles. The van der Waals surface area contributed by atoms with E-state index in [4.69, 9.17) is 23.2 Å². The van der Waals surface area contributed by atoms with E-state index in [1.807, 2.05) is 0 Å². The maximum atomic E-state index is 5.55. The molecule has 0 nitrogen and oxygen atoms in total. The fraction of sp³-hybridized carbons (Fsp3) is 0. The molecule has 1 rings (SSSR count). The van der Waals surface area contributed by atoms with Crippen LogP contribution in [0.5, 0.6) is 0 Å². The topological polar surface area (TPSA) is 0 Å². The summed E-state index contributed by atoms with van der Waals surface area (Å²) in [4.78, 5) is 0. The van der Waals surface area contributed by atoms with Crippen LogP contribution in [0.15, 0.2) is 24.3 Å². The van der Waals surface area contributed by atoms with Gasteiger partial charge in [-0.2, -0.15) is 0 Å². The molecule has 9 heavy (non-hydrogen) atoms. The first-order chi connectivity index (χ1) is 3.79. The first-order valence-electron chi connectivity index (χ1n) is 2.20. The van der Waals surface area contributed by atoms with Crippen molar-refractivity contribution in [1.29, 1.82) is 0 Å². The van der Waals surface area contributed by atoms with E-state index in [9.17, 15) is 0 Å². The Bertz CT molecular complexity index is 150. The fourth-order valence-corrected chi connectivity index (χ4v) is 0.682. The van der Waals surface area contributed by atoms with E-state index in [0.717, 1.165) is 10.0 Å². The molecule has 0 aliphatic rings. The number of halogens is 2. The quantitative estimate of drug-likeness (QED) is 0.548. The van der Waals surface area contributed by atoms with Crippen LogP contribution in [-0.2, 0) is 0 Å².